The summed E-state index contributed by atoms with van der Waals surface area (Å²) >= 11 is 3.45. The summed E-state index contributed by atoms with van der Waals surface area (Å²) in [5.41, 5.74) is 3.94. The third-order valence-corrected chi connectivity index (χ3v) is 5.17. The lowest BCUT2D eigenvalue weighted by molar-refractivity contribution is -0.139. The quantitative estimate of drug-likeness (QED) is 0.758. The molecule has 0 fully saturated rings. The Labute approximate surface area is 156 Å². The smallest absolute Gasteiger partial charge is 0.336 e. The minimum Gasteiger partial charge on any atom is -0.462 e. The topological polar surface area (TPSA) is 55.4 Å². The van der Waals surface area contributed by atoms with Crippen LogP contribution in [0, 0.1) is 0 Å². The maximum atomic E-state index is 12.7. The van der Waals surface area contributed by atoms with Crippen molar-refractivity contribution in [2.45, 2.75) is 45.4 Å². The lowest BCUT2D eigenvalue weighted by atomic mass is 9.75. The molecule has 1 aromatic carbocycles. The van der Waals surface area contributed by atoms with Crippen LogP contribution in [0.15, 0.2) is 51.3 Å². The van der Waals surface area contributed by atoms with Gasteiger partial charge in [-0.15, -0.1) is 0 Å². The fourth-order valence-electron chi connectivity index (χ4n) is 3.51. The van der Waals surface area contributed by atoms with Crippen molar-refractivity contribution in [2.24, 2.45) is 0 Å². The highest BCUT2D eigenvalue weighted by atomic mass is 79.9. The van der Waals surface area contributed by atoms with Crippen molar-refractivity contribution in [2.75, 3.05) is 6.61 Å². The molecule has 0 aromatic heterocycles. The zero-order valence-corrected chi connectivity index (χ0v) is 16.1. The molecule has 0 bridgehead atoms. The summed E-state index contributed by atoms with van der Waals surface area (Å²) < 4.78 is 6.37. The van der Waals surface area contributed by atoms with Crippen molar-refractivity contribution in [3.05, 3.63) is 56.8 Å². The zero-order valence-electron chi connectivity index (χ0n) is 14.5. The summed E-state index contributed by atoms with van der Waals surface area (Å²) in [7, 11) is 0. The van der Waals surface area contributed by atoms with Crippen LogP contribution < -0.4 is 5.32 Å². The average Bonchev–Trinajstić information content (AvgIpc) is 2.59. The van der Waals surface area contributed by atoms with Crippen molar-refractivity contribution in [1.82, 2.24) is 5.32 Å². The second-order valence-corrected chi connectivity index (χ2v) is 7.37. The highest BCUT2D eigenvalue weighted by Gasteiger charge is 2.38. The van der Waals surface area contributed by atoms with E-state index in [2.05, 4.69) is 21.2 Å². The number of dihydropyridines is 1. The van der Waals surface area contributed by atoms with Gasteiger partial charge in [0.1, 0.15) is 0 Å². The number of nitrogens with one attached hydrogen (secondary N) is 1. The Kier molecular flexibility index (Phi) is 5.42. The van der Waals surface area contributed by atoms with E-state index in [-0.39, 0.29) is 17.7 Å². The van der Waals surface area contributed by atoms with E-state index in [0.717, 1.165) is 46.3 Å². The molecule has 1 heterocycles. The SMILES string of the molecule is CCCOC(=O)C1=C(C)NC2=C(C(=O)CCC2)[C@@H]1c1ccc(Br)cc1. The average molecular weight is 404 g/mol. The minimum atomic E-state index is -0.360. The van der Waals surface area contributed by atoms with Crippen LogP contribution in [-0.4, -0.2) is 18.4 Å². The largest absolute Gasteiger partial charge is 0.462 e. The molecule has 5 heteroatoms. The summed E-state index contributed by atoms with van der Waals surface area (Å²) in [6.07, 6.45) is 2.98. The van der Waals surface area contributed by atoms with Crippen LogP contribution in [0.25, 0.3) is 0 Å². The zero-order chi connectivity index (χ0) is 18.0. The maximum Gasteiger partial charge on any atom is 0.336 e. The normalized spacial score (nSPS) is 20.3. The number of hydrogen-bond donors (Lipinski definition) is 1. The number of benzene rings is 1. The molecule has 132 valence electrons. The van der Waals surface area contributed by atoms with Gasteiger partial charge in [-0.2, -0.15) is 0 Å². The van der Waals surface area contributed by atoms with Crippen LogP contribution in [-0.2, 0) is 14.3 Å². The van der Waals surface area contributed by atoms with E-state index in [1.807, 2.05) is 38.1 Å². The first kappa shape index (κ1) is 17.9. The van der Waals surface area contributed by atoms with E-state index in [4.69, 9.17) is 4.74 Å². The molecule has 4 nitrogen and oxygen atoms in total. The fraction of sp³-hybridized carbons (Fsp3) is 0.400. The van der Waals surface area contributed by atoms with Crippen molar-refractivity contribution in [3.63, 3.8) is 0 Å². The molecule has 1 atom stereocenters. The maximum absolute atomic E-state index is 12.7. The summed E-state index contributed by atoms with van der Waals surface area (Å²) in [6.45, 7) is 4.23. The molecule has 1 aliphatic carbocycles. The van der Waals surface area contributed by atoms with Gasteiger partial charge >= 0.3 is 5.97 Å². The van der Waals surface area contributed by atoms with Crippen LogP contribution in [0.2, 0.25) is 0 Å². The molecule has 3 rings (SSSR count). The Morgan fingerprint density at radius 1 is 1.28 bits per heavy atom. The predicted molar refractivity (Wildman–Crippen MR) is 99.9 cm³/mol. The molecular formula is C20H22BrNO3. The van der Waals surface area contributed by atoms with E-state index < -0.39 is 0 Å². The van der Waals surface area contributed by atoms with Gasteiger partial charge in [-0.3, -0.25) is 4.79 Å². The van der Waals surface area contributed by atoms with Crippen molar-refractivity contribution in [1.29, 1.82) is 0 Å². The van der Waals surface area contributed by atoms with Crippen LogP contribution in [0.4, 0.5) is 0 Å². The number of halogens is 1. The summed E-state index contributed by atoms with van der Waals surface area (Å²) in [6, 6.07) is 7.81. The van der Waals surface area contributed by atoms with E-state index in [1.54, 1.807) is 0 Å². The number of carbonyl (C=O) groups is 2. The van der Waals surface area contributed by atoms with E-state index in [1.165, 1.54) is 0 Å². The van der Waals surface area contributed by atoms with Gasteiger partial charge in [0.2, 0.25) is 0 Å². The van der Waals surface area contributed by atoms with Gasteiger partial charge in [-0.05, 0) is 43.9 Å². The van der Waals surface area contributed by atoms with Crippen LogP contribution in [0.3, 0.4) is 0 Å². The van der Waals surface area contributed by atoms with E-state index >= 15 is 0 Å². The molecule has 1 aliphatic heterocycles. The number of ketones is 1. The molecule has 0 amide bonds. The van der Waals surface area contributed by atoms with Crippen molar-refractivity contribution >= 4 is 27.7 Å². The monoisotopic (exact) mass is 403 g/mol. The van der Waals surface area contributed by atoms with Crippen molar-refractivity contribution < 1.29 is 14.3 Å². The number of ether oxygens (including phenoxy) is 1. The first-order valence-electron chi connectivity index (χ1n) is 8.69. The van der Waals surface area contributed by atoms with E-state index in [9.17, 15) is 9.59 Å². The van der Waals surface area contributed by atoms with E-state index in [0.29, 0.717) is 18.6 Å². The molecule has 1 aromatic rings. The van der Waals surface area contributed by atoms with Crippen LogP contribution in [0.5, 0.6) is 0 Å². The Morgan fingerprint density at radius 3 is 2.68 bits per heavy atom. The van der Waals surface area contributed by atoms with Crippen LogP contribution in [0.1, 0.15) is 51.0 Å². The Bertz CT molecular complexity index is 762. The highest BCUT2D eigenvalue weighted by molar-refractivity contribution is 9.10. The van der Waals surface area contributed by atoms with Gasteiger partial charge < -0.3 is 10.1 Å². The number of Topliss-reactive ketones (excluding diaryl/α,β-unsaturated/α-hetero) is 1. The molecule has 0 unspecified atom stereocenters. The number of rotatable bonds is 4. The number of hydrogen-bond acceptors (Lipinski definition) is 4. The summed E-state index contributed by atoms with van der Waals surface area (Å²) in [5.74, 6) is -0.582. The Balaban J connectivity index is 2.10. The summed E-state index contributed by atoms with van der Waals surface area (Å²) in [5, 5.41) is 3.30. The molecule has 0 radical (unpaired) electrons. The lowest BCUT2D eigenvalue weighted by Gasteiger charge is -2.34. The molecule has 2 aliphatic rings. The molecule has 1 N–H and O–H groups in total. The van der Waals surface area contributed by atoms with Crippen LogP contribution >= 0.6 is 15.9 Å². The molecule has 0 saturated heterocycles. The Morgan fingerprint density at radius 2 is 2.00 bits per heavy atom. The van der Waals surface area contributed by atoms with Gasteiger partial charge in [0.15, 0.2) is 5.78 Å². The van der Waals surface area contributed by atoms with Gasteiger partial charge in [-0.25, -0.2) is 4.79 Å². The molecule has 0 spiro atoms. The third kappa shape index (κ3) is 3.56. The highest BCUT2D eigenvalue weighted by Crippen LogP contribution is 2.42. The predicted octanol–water partition coefficient (Wildman–Crippen LogP) is 4.37. The minimum absolute atomic E-state index is 0.120. The first-order valence-corrected chi connectivity index (χ1v) is 9.48. The third-order valence-electron chi connectivity index (χ3n) is 4.64. The fourth-order valence-corrected chi connectivity index (χ4v) is 3.78. The van der Waals surface area contributed by atoms with Gasteiger partial charge in [-0.1, -0.05) is 35.0 Å². The first-order chi connectivity index (χ1) is 12.0. The molecule has 0 saturated carbocycles. The van der Waals surface area contributed by atoms with Gasteiger partial charge in [0.25, 0.3) is 0 Å². The second-order valence-electron chi connectivity index (χ2n) is 6.45. The lowest BCUT2D eigenvalue weighted by Crippen LogP contribution is -2.34. The number of allylic oxidation sites excluding steroid dienone is 3. The molecular weight excluding hydrogens is 382 g/mol. The second kappa shape index (κ2) is 7.56. The summed E-state index contributed by atoms with van der Waals surface area (Å²) in [4.78, 5) is 25.4. The number of carbonyl (C=O) groups excluding carboxylic acids is 2. The van der Waals surface area contributed by atoms with Gasteiger partial charge in [0, 0.05) is 33.8 Å². The Hall–Kier alpha value is -1.88. The standard InChI is InChI=1S/C20H22BrNO3/c1-3-11-25-20(24)17-12(2)22-15-5-4-6-16(23)19(15)18(17)13-7-9-14(21)10-8-13/h7-10,18,22H,3-6,11H2,1-2H3/t18-/m1/s1. The molecule has 25 heavy (non-hydrogen) atoms. The van der Waals surface area contributed by atoms with Crippen molar-refractivity contribution in [3.8, 4) is 0 Å². The number of esters is 1. The van der Waals surface area contributed by atoms with Gasteiger partial charge in [0.05, 0.1) is 12.2 Å².